The van der Waals surface area contributed by atoms with E-state index in [1.807, 2.05) is 6.92 Å². The van der Waals surface area contributed by atoms with Gasteiger partial charge in [-0.25, -0.2) is 18.2 Å². The van der Waals surface area contributed by atoms with Crippen molar-refractivity contribution in [3.05, 3.63) is 47.8 Å². The number of aromatic amines is 1. The number of hydrogen-bond acceptors (Lipinski definition) is 2. The molecule has 1 unspecified atom stereocenters. The first-order chi connectivity index (χ1) is 9.96. The molecule has 1 N–H and O–H groups in total. The maximum absolute atomic E-state index is 13.6. The molecular weight excluding hydrogens is 279 g/mol. The van der Waals surface area contributed by atoms with Crippen molar-refractivity contribution in [3.63, 3.8) is 0 Å². The largest absolute Gasteiger partial charge is 0.365 e. The lowest BCUT2D eigenvalue weighted by atomic mass is 9.97. The number of nitrogens with zero attached hydrogens (tertiary/aromatic N) is 2. The Morgan fingerprint density at radius 1 is 1.38 bits per heavy atom. The van der Waals surface area contributed by atoms with E-state index >= 15 is 0 Å². The van der Waals surface area contributed by atoms with Gasteiger partial charge in [0.05, 0.1) is 6.54 Å². The van der Waals surface area contributed by atoms with Crippen molar-refractivity contribution in [2.45, 2.75) is 25.2 Å². The van der Waals surface area contributed by atoms with Crippen LogP contribution in [0, 0.1) is 5.82 Å². The minimum absolute atomic E-state index is 0.121. The van der Waals surface area contributed by atoms with Crippen LogP contribution in [0.2, 0.25) is 0 Å². The predicted molar refractivity (Wildman–Crippen MR) is 74.3 cm³/mol. The lowest BCUT2D eigenvalue weighted by Crippen LogP contribution is -2.26. The fraction of sp³-hybridized carbons (Fsp3) is 0.400. The molecule has 0 bridgehead atoms. The van der Waals surface area contributed by atoms with Crippen LogP contribution in [0.4, 0.5) is 18.9 Å². The monoisotopic (exact) mass is 295 g/mol. The molecule has 1 aliphatic rings. The number of halogens is 3. The van der Waals surface area contributed by atoms with Gasteiger partial charge in [-0.3, -0.25) is 0 Å². The predicted octanol–water partition coefficient (Wildman–Crippen LogP) is 3.55. The van der Waals surface area contributed by atoms with Gasteiger partial charge in [0.2, 0.25) is 0 Å². The van der Waals surface area contributed by atoms with Gasteiger partial charge >= 0.3 is 0 Å². The van der Waals surface area contributed by atoms with Gasteiger partial charge in [-0.15, -0.1) is 0 Å². The molecule has 0 aliphatic carbocycles. The zero-order valence-corrected chi connectivity index (χ0v) is 11.6. The summed E-state index contributed by atoms with van der Waals surface area (Å²) in [5.41, 5.74) is 1.32. The zero-order chi connectivity index (χ0) is 15.0. The van der Waals surface area contributed by atoms with Crippen molar-refractivity contribution < 1.29 is 13.2 Å². The van der Waals surface area contributed by atoms with Crippen LogP contribution in [0.5, 0.6) is 0 Å². The molecule has 0 amide bonds. The Hall–Kier alpha value is -1.98. The molecule has 0 radical (unpaired) electrons. The third-order valence-electron chi connectivity index (χ3n) is 3.90. The molecule has 0 saturated carbocycles. The van der Waals surface area contributed by atoms with E-state index in [1.54, 1.807) is 23.4 Å². The summed E-state index contributed by atoms with van der Waals surface area (Å²) >= 11 is 0. The van der Waals surface area contributed by atoms with E-state index in [-0.39, 0.29) is 25.4 Å². The van der Waals surface area contributed by atoms with Crippen LogP contribution in [-0.4, -0.2) is 29.0 Å². The molecule has 2 heterocycles. The summed E-state index contributed by atoms with van der Waals surface area (Å²) in [5, 5.41) is 0. The summed E-state index contributed by atoms with van der Waals surface area (Å²) < 4.78 is 40.4. The van der Waals surface area contributed by atoms with Crippen molar-refractivity contribution in [2.24, 2.45) is 0 Å². The first-order valence-corrected chi connectivity index (χ1v) is 6.88. The standard InChI is InChI=1S/C15H16F3N3/c1-10(14-19-5-6-20-14)12-3-2-11(16)8-13(12)21-7-4-15(17,18)9-21/h2-3,5-6,8,10H,4,7,9H2,1H3,(H,19,20). The maximum atomic E-state index is 13.6. The number of rotatable bonds is 3. The second-order valence-electron chi connectivity index (χ2n) is 5.43. The second-order valence-corrected chi connectivity index (χ2v) is 5.43. The molecule has 1 fully saturated rings. The van der Waals surface area contributed by atoms with E-state index in [2.05, 4.69) is 9.97 Å². The van der Waals surface area contributed by atoms with Crippen LogP contribution in [0.1, 0.15) is 30.7 Å². The summed E-state index contributed by atoms with van der Waals surface area (Å²) in [6, 6.07) is 4.33. The quantitative estimate of drug-likeness (QED) is 0.939. The highest BCUT2D eigenvalue weighted by atomic mass is 19.3. The molecule has 21 heavy (non-hydrogen) atoms. The van der Waals surface area contributed by atoms with Gasteiger partial charge in [0.25, 0.3) is 5.92 Å². The number of alkyl halides is 2. The van der Waals surface area contributed by atoms with Crippen LogP contribution in [0.15, 0.2) is 30.6 Å². The Labute approximate surface area is 120 Å². The number of nitrogens with one attached hydrogen (secondary N) is 1. The smallest absolute Gasteiger partial charge is 0.266 e. The average molecular weight is 295 g/mol. The molecule has 1 aromatic heterocycles. The van der Waals surface area contributed by atoms with Gasteiger partial charge in [-0.05, 0) is 17.7 Å². The summed E-state index contributed by atoms with van der Waals surface area (Å²) in [4.78, 5) is 8.76. The summed E-state index contributed by atoms with van der Waals surface area (Å²) in [6.07, 6.45) is 3.15. The first-order valence-electron chi connectivity index (χ1n) is 6.88. The zero-order valence-electron chi connectivity index (χ0n) is 11.6. The SMILES string of the molecule is CC(c1ncc[nH]1)c1ccc(F)cc1N1CCC(F)(F)C1. The molecule has 3 nitrogen and oxygen atoms in total. The van der Waals surface area contributed by atoms with Gasteiger partial charge in [0.15, 0.2) is 0 Å². The van der Waals surface area contributed by atoms with Crippen LogP contribution < -0.4 is 4.90 Å². The lowest BCUT2D eigenvalue weighted by Gasteiger charge is -2.24. The third kappa shape index (κ3) is 2.75. The van der Waals surface area contributed by atoms with E-state index in [1.165, 1.54) is 12.1 Å². The fourth-order valence-electron chi connectivity index (χ4n) is 2.76. The Morgan fingerprint density at radius 2 is 2.19 bits per heavy atom. The summed E-state index contributed by atoms with van der Waals surface area (Å²) in [5.74, 6) is -2.52. The van der Waals surface area contributed by atoms with Crippen molar-refractivity contribution in [1.29, 1.82) is 0 Å². The second kappa shape index (κ2) is 5.09. The third-order valence-corrected chi connectivity index (χ3v) is 3.90. The van der Waals surface area contributed by atoms with E-state index in [4.69, 9.17) is 0 Å². The highest BCUT2D eigenvalue weighted by molar-refractivity contribution is 5.57. The lowest BCUT2D eigenvalue weighted by molar-refractivity contribution is 0.0257. The van der Waals surface area contributed by atoms with Gasteiger partial charge < -0.3 is 9.88 Å². The fourth-order valence-corrected chi connectivity index (χ4v) is 2.76. The summed E-state index contributed by atoms with van der Waals surface area (Å²) in [6.45, 7) is 1.78. The van der Waals surface area contributed by atoms with E-state index in [0.29, 0.717) is 5.69 Å². The number of H-pyrrole nitrogens is 1. The molecule has 2 aromatic rings. The van der Waals surface area contributed by atoms with Crippen molar-refractivity contribution >= 4 is 5.69 Å². The molecule has 1 aromatic carbocycles. The van der Waals surface area contributed by atoms with Crippen LogP contribution in [0.3, 0.4) is 0 Å². The van der Waals surface area contributed by atoms with Crippen LogP contribution in [0.25, 0.3) is 0 Å². The normalized spacial score (nSPS) is 19.0. The maximum Gasteiger partial charge on any atom is 0.266 e. The number of anilines is 1. The topological polar surface area (TPSA) is 31.9 Å². The summed E-state index contributed by atoms with van der Waals surface area (Å²) in [7, 11) is 0. The highest BCUT2D eigenvalue weighted by Gasteiger charge is 2.39. The number of aromatic nitrogens is 2. The number of benzene rings is 1. The van der Waals surface area contributed by atoms with Crippen LogP contribution >= 0.6 is 0 Å². The van der Waals surface area contributed by atoms with Crippen molar-refractivity contribution in [2.75, 3.05) is 18.0 Å². The number of imidazole rings is 1. The Balaban J connectivity index is 1.98. The highest BCUT2D eigenvalue weighted by Crippen LogP contribution is 2.36. The molecule has 0 spiro atoms. The molecule has 1 aliphatic heterocycles. The molecule has 1 saturated heterocycles. The van der Waals surface area contributed by atoms with Gasteiger partial charge in [0, 0.05) is 37.0 Å². The minimum atomic E-state index is -2.71. The molecule has 1 atom stereocenters. The Morgan fingerprint density at radius 3 is 2.81 bits per heavy atom. The minimum Gasteiger partial charge on any atom is -0.365 e. The van der Waals surface area contributed by atoms with Gasteiger partial charge in [-0.1, -0.05) is 13.0 Å². The average Bonchev–Trinajstić information content (AvgIpc) is 3.07. The Bertz CT molecular complexity index is 625. The van der Waals surface area contributed by atoms with Crippen molar-refractivity contribution in [1.82, 2.24) is 9.97 Å². The van der Waals surface area contributed by atoms with Crippen LogP contribution in [-0.2, 0) is 0 Å². The molecule has 112 valence electrons. The van der Waals surface area contributed by atoms with E-state index < -0.39 is 11.7 Å². The first kappa shape index (κ1) is 14.0. The van der Waals surface area contributed by atoms with Gasteiger partial charge in [-0.2, -0.15) is 0 Å². The molecule has 6 heteroatoms. The Kier molecular flexibility index (Phi) is 3.39. The van der Waals surface area contributed by atoms with Gasteiger partial charge in [0.1, 0.15) is 11.6 Å². The van der Waals surface area contributed by atoms with E-state index in [0.717, 1.165) is 11.4 Å². The number of hydrogen-bond donors (Lipinski definition) is 1. The molecular formula is C15H16F3N3. The van der Waals surface area contributed by atoms with Crippen molar-refractivity contribution in [3.8, 4) is 0 Å². The molecule has 3 rings (SSSR count). The van der Waals surface area contributed by atoms with E-state index in [9.17, 15) is 13.2 Å².